The molecular formula is C18H24N4O2. The van der Waals surface area contributed by atoms with Crippen LogP contribution in [-0.2, 0) is 17.8 Å². The Bertz CT molecular complexity index is 649. The molecule has 6 heteroatoms. The van der Waals surface area contributed by atoms with E-state index < -0.39 is 0 Å². The fourth-order valence-electron chi connectivity index (χ4n) is 3.09. The summed E-state index contributed by atoms with van der Waals surface area (Å²) >= 11 is 0. The summed E-state index contributed by atoms with van der Waals surface area (Å²) in [6, 6.07) is 10.1. The molecule has 0 spiro atoms. The van der Waals surface area contributed by atoms with Crippen molar-refractivity contribution in [1.82, 2.24) is 20.4 Å². The number of para-hydroxylation sites is 1. The fourth-order valence-corrected chi connectivity index (χ4v) is 3.09. The molecule has 1 aromatic carbocycles. The number of carbonyl (C=O) groups excluding carboxylic acids is 1. The highest BCUT2D eigenvalue weighted by Gasteiger charge is 2.23. The average Bonchev–Trinajstić information content (AvgIpc) is 3.14. The predicted octanol–water partition coefficient (Wildman–Crippen LogP) is 1.74. The quantitative estimate of drug-likeness (QED) is 0.847. The van der Waals surface area contributed by atoms with Crippen LogP contribution in [0.25, 0.3) is 0 Å². The Morgan fingerprint density at radius 3 is 2.83 bits per heavy atom. The van der Waals surface area contributed by atoms with E-state index in [0.29, 0.717) is 12.5 Å². The molecule has 1 aliphatic heterocycles. The lowest BCUT2D eigenvalue weighted by Gasteiger charge is -2.32. The van der Waals surface area contributed by atoms with Gasteiger partial charge in [-0.2, -0.15) is 5.10 Å². The highest BCUT2D eigenvalue weighted by Crippen LogP contribution is 2.20. The number of methoxy groups -OCH3 is 1. The number of carbonyl (C=O) groups is 1. The maximum atomic E-state index is 12.5. The standard InChI is InChI=1S/C18H24N4O2/c1-24-17-5-3-2-4-14(17)12-18(23)22-10-7-15(8-11-22)19-13-16-6-9-20-21-16/h2-6,9,15,19H,7-8,10-13H2,1H3,(H,20,21). The van der Waals surface area contributed by atoms with Crippen molar-refractivity contribution >= 4 is 5.91 Å². The summed E-state index contributed by atoms with van der Waals surface area (Å²) in [5.41, 5.74) is 2.04. The molecule has 1 amide bonds. The van der Waals surface area contributed by atoms with E-state index in [1.165, 1.54) is 0 Å². The Kier molecular flexibility index (Phi) is 5.48. The number of hydrogen-bond donors (Lipinski definition) is 2. The topological polar surface area (TPSA) is 70.2 Å². The number of aromatic amines is 1. The molecule has 128 valence electrons. The maximum Gasteiger partial charge on any atom is 0.227 e. The normalized spacial score (nSPS) is 15.5. The van der Waals surface area contributed by atoms with Crippen LogP contribution >= 0.6 is 0 Å². The van der Waals surface area contributed by atoms with Crippen molar-refractivity contribution in [3.05, 3.63) is 47.8 Å². The number of ether oxygens (including phenoxy) is 1. The van der Waals surface area contributed by atoms with Gasteiger partial charge in [-0.1, -0.05) is 18.2 Å². The summed E-state index contributed by atoms with van der Waals surface area (Å²) in [6.45, 7) is 2.39. The maximum absolute atomic E-state index is 12.5. The van der Waals surface area contributed by atoms with E-state index in [2.05, 4.69) is 15.5 Å². The van der Waals surface area contributed by atoms with Gasteiger partial charge in [-0.05, 0) is 25.0 Å². The molecule has 3 rings (SSSR count). The van der Waals surface area contributed by atoms with Crippen LogP contribution in [0.15, 0.2) is 36.5 Å². The minimum absolute atomic E-state index is 0.173. The summed E-state index contributed by atoms with van der Waals surface area (Å²) in [6.07, 6.45) is 4.12. The number of piperidine rings is 1. The number of benzene rings is 1. The predicted molar refractivity (Wildman–Crippen MR) is 91.7 cm³/mol. The third-order valence-corrected chi connectivity index (χ3v) is 4.52. The molecule has 2 heterocycles. The van der Waals surface area contributed by atoms with Crippen molar-refractivity contribution < 1.29 is 9.53 Å². The highest BCUT2D eigenvalue weighted by atomic mass is 16.5. The van der Waals surface area contributed by atoms with Gasteiger partial charge in [0, 0.05) is 43.1 Å². The minimum atomic E-state index is 0.173. The molecule has 1 fully saturated rings. The van der Waals surface area contributed by atoms with Crippen LogP contribution in [0, 0.1) is 0 Å². The third-order valence-electron chi connectivity index (χ3n) is 4.52. The molecule has 0 bridgehead atoms. The van der Waals surface area contributed by atoms with Crippen LogP contribution in [-0.4, -0.2) is 47.2 Å². The van der Waals surface area contributed by atoms with Gasteiger partial charge in [-0.3, -0.25) is 9.89 Å². The zero-order chi connectivity index (χ0) is 16.8. The molecule has 2 aromatic rings. The molecule has 1 aromatic heterocycles. The molecule has 6 nitrogen and oxygen atoms in total. The zero-order valence-corrected chi connectivity index (χ0v) is 14.0. The number of hydrogen-bond acceptors (Lipinski definition) is 4. The lowest BCUT2D eigenvalue weighted by Crippen LogP contribution is -2.45. The van der Waals surface area contributed by atoms with E-state index in [4.69, 9.17) is 4.74 Å². The van der Waals surface area contributed by atoms with Gasteiger partial charge in [0.25, 0.3) is 0 Å². The van der Waals surface area contributed by atoms with E-state index in [0.717, 1.165) is 49.5 Å². The van der Waals surface area contributed by atoms with E-state index in [1.54, 1.807) is 13.3 Å². The van der Waals surface area contributed by atoms with Crippen molar-refractivity contribution in [2.24, 2.45) is 0 Å². The second-order valence-corrected chi connectivity index (χ2v) is 6.11. The summed E-state index contributed by atoms with van der Waals surface area (Å²) in [5, 5.41) is 10.4. The van der Waals surface area contributed by atoms with Gasteiger partial charge in [0.15, 0.2) is 0 Å². The first kappa shape index (κ1) is 16.5. The van der Waals surface area contributed by atoms with E-state index in [9.17, 15) is 4.79 Å². The van der Waals surface area contributed by atoms with Crippen LogP contribution in [0.2, 0.25) is 0 Å². The van der Waals surface area contributed by atoms with Crippen molar-refractivity contribution in [3.63, 3.8) is 0 Å². The van der Waals surface area contributed by atoms with Gasteiger partial charge in [-0.25, -0.2) is 0 Å². The van der Waals surface area contributed by atoms with E-state index >= 15 is 0 Å². The number of nitrogens with one attached hydrogen (secondary N) is 2. The second-order valence-electron chi connectivity index (χ2n) is 6.11. The second kappa shape index (κ2) is 7.97. The summed E-state index contributed by atoms with van der Waals surface area (Å²) in [5.74, 6) is 0.952. The van der Waals surface area contributed by atoms with Crippen molar-refractivity contribution in [2.45, 2.75) is 31.8 Å². The Balaban J connectivity index is 1.46. The first-order valence-electron chi connectivity index (χ1n) is 8.37. The van der Waals surface area contributed by atoms with Gasteiger partial charge in [0.05, 0.1) is 13.5 Å². The monoisotopic (exact) mass is 328 g/mol. The Labute approximate surface area is 142 Å². The lowest BCUT2D eigenvalue weighted by molar-refractivity contribution is -0.131. The SMILES string of the molecule is COc1ccccc1CC(=O)N1CCC(NCc2ccn[nH]2)CC1. The van der Waals surface area contributed by atoms with Gasteiger partial charge in [-0.15, -0.1) is 0 Å². The summed E-state index contributed by atoms with van der Waals surface area (Å²) in [7, 11) is 1.64. The van der Waals surface area contributed by atoms with Crippen molar-refractivity contribution in [2.75, 3.05) is 20.2 Å². The number of amides is 1. The van der Waals surface area contributed by atoms with Gasteiger partial charge >= 0.3 is 0 Å². The Morgan fingerprint density at radius 1 is 1.33 bits per heavy atom. The zero-order valence-electron chi connectivity index (χ0n) is 14.0. The Morgan fingerprint density at radius 2 is 2.12 bits per heavy atom. The number of nitrogens with zero attached hydrogens (tertiary/aromatic N) is 2. The largest absolute Gasteiger partial charge is 0.496 e. The Hall–Kier alpha value is -2.34. The molecule has 1 aliphatic rings. The van der Waals surface area contributed by atoms with Crippen LogP contribution in [0.1, 0.15) is 24.1 Å². The number of H-pyrrole nitrogens is 1. The number of likely N-dealkylation sites (tertiary alicyclic amines) is 1. The van der Waals surface area contributed by atoms with E-state index in [-0.39, 0.29) is 5.91 Å². The van der Waals surface area contributed by atoms with Gasteiger partial charge < -0.3 is 15.0 Å². The minimum Gasteiger partial charge on any atom is -0.496 e. The molecule has 0 aliphatic carbocycles. The van der Waals surface area contributed by atoms with E-state index in [1.807, 2.05) is 35.2 Å². The summed E-state index contributed by atoms with van der Waals surface area (Å²) in [4.78, 5) is 14.5. The smallest absolute Gasteiger partial charge is 0.227 e. The number of rotatable bonds is 6. The molecule has 0 atom stereocenters. The first-order valence-corrected chi connectivity index (χ1v) is 8.37. The van der Waals surface area contributed by atoms with Crippen LogP contribution in [0.3, 0.4) is 0 Å². The molecule has 24 heavy (non-hydrogen) atoms. The van der Waals surface area contributed by atoms with Crippen LogP contribution < -0.4 is 10.1 Å². The third kappa shape index (κ3) is 4.14. The summed E-state index contributed by atoms with van der Waals surface area (Å²) < 4.78 is 5.33. The molecule has 2 N–H and O–H groups in total. The molecule has 1 saturated heterocycles. The van der Waals surface area contributed by atoms with Crippen molar-refractivity contribution in [1.29, 1.82) is 0 Å². The van der Waals surface area contributed by atoms with Gasteiger partial charge in [0.2, 0.25) is 5.91 Å². The fraction of sp³-hybridized carbons (Fsp3) is 0.444. The molecular weight excluding hydrogens is 304 g/mol. The molecule has 0 unspecified atom stereocenters. The highest BCUT2D eigenvalue weighted by molar-refractivity contribution is 5.79. The lowest BCUT2D eigenvalue weighted by atomic mass is 10.0. The average molecular weight is 328 g/mol. The van der Waals surface area contributed by atoms with Crippen molar-refractivity contribution in [3.8, 4) is 5.75 Å². The molecule has 0 radical (unpaired) electrons. The molecule has 0 saturated carbocycles. The van der Waals surface area contributed by atoms with Crippen LogP contribution in [0.5, 0.6) is 5.75 Å². The van der Waals surface area contributed by atoms with Gasteiger partial charge in [0.1, 0.15) is 5.75 Å². The van der Waals surface area contributed by atoms with Crippen LogP contribution in [0.4, 0.5) is 0 Å². The first-order chi connectivity index (χ1) is 11.8. The number of aromatic nitrogens is 2.